The lowest BCUT2D eigenvalue weighted by molar-refractivity contribution is -0.137. The van der Waals surface area contributed by atoms with Crippen LogP contribution in [0.15, 0.2) is 0 Å². The molecular formula is C10H24O4. The van der Waals surface area contributed by atoms with E-state index in [1.807, 2.05) is 0 Å². The third-order valence-electron chi connectivity index (χ3n) is 1.51. The molecule has 0 unspecified atom stereocenters. The predicted molar refractivity (Wildman–Crippen MR) is 57.4 cm³/mol. The minimum atomic E-state index is -0.682. The summed E-state index contributed by atoms with van der Waals surface area (Å²) in [4.78, 5) is 9.87. The molecule has 0 aliphatic rings. The summed E-state index contributed by atoms with van der Waals surface area (Å²) in [7, 11) is 0. The number of carboxylic acids is 1. The van der Waals surface area contributed by atoms with Crippen LogP contribution < -0.4 is 0 Å². The molecule has 88 valence electrons. The molecule has 4 nitrogen and oxygen atoms in total. The van der Waals surface area contributed by atoms with Gasteiger partial charge in [-0.05, 0) is 12.8 Å². The average molecular weight is 208 g/mol. The maximum Gasteiger partial charge on any atom is 0.303 e. The van der Waals surface area contributed by atoms with E-state index in [0.717, 1.165) is 32.1 Å². The summed E-state index contributed by atoms with van der Waals surface area (Å²) in [5.74, 6) is -0.682. The molecule has 0 fully saturated rings. The molecule has 0 bridgehead atoms. The highest BCUT2D eigenvalue weighted by atomic mass is 16.4. The number of aliphatic hydroxyl groups excluding tert-OH is 1. The van der Waals surface area contributed by atoms with Crippen LogP contribution in [-0.2, 0) is 4.79 Å². The topological polar surface area (TPSA) is 89.0 Å². The van der Waals surface area contributed by atoms with Gasteiger partial charge >= 0.3 is 5.97 Å². The van der Waals surface area contributed by atoms with Crippen LogP contribution in [0, 0.1) is 0 Å². The van der Waals surface area contributed by atoms with Gasteiger partial charge in [0.2, 0.25) is 0 Å². The molecule has 0 rings (SSSR count). The van der Waals surface area contributed by atoms with Crippen molar-refractivity contribution in [1.29, 1.82) is 0 Å². The number of rotatable bonds is 6. The van der Waals surface area contributed by atoms with Gasteiger partial charge in [0, 0.05) is 13.0 Å². The highest BCUT2D eigenvalue weighted by Crippen LogP contribution is 1.97. The summed E-state index contributed by atoms with van der Waals surface area (Å²) in [6.45, 7) is 4.45. The molecule has 0 amide bonds. The molecule has 0 heterocycles. The number of hydrogen-bond acceptors (Lipinski definition) is 2. The van der Waals surface area contributed by atoms with Crippen molar-refractivity contribution in [2.24, 2.45) is 0 Å². The second-order valence-electron chi connectivity index (χ2n) is 2.93. The lowest BCUT2D eigenvalue weighted by Gasteiger charge is -1.89. The fourth-order valence-electron chi connectivity index (χ4n) is 0.684. The van der Waals surface area contributed by atoms with Crippen LogP contribution in [0.4, 0.5) is 0 Å². The summed E-state index contributed by atoms with van der Waals surface area (Å²) in [6.07, 6.45) is 5.32. The molecule has 0 aromatic heterocycles. The van der Waals surface area contributed by atoms with Crippen LogP contribution in [0.1, 0.15) is 52.4 Å². The monoisotopic (exact) mass is 208 g/mol. The first-order valence-electron chi connectivity index (χ1n) is 5.01. The molecule has 0 aromatic carbocycles. The highest BCUT2D eigenvalue weighted by Gasteiger charge is 1.92. The van der Waals surface area contributed by atoms with Gasteiger partial charge in [0.1, 0.15) is 0 Å². The second kappa shape index (κ2) is 18.2. The van der Waals surface area contributed by atoms with Gasteiger partial charge < -0.3 is 15.7 Å². The summed E-state index contributed by atoms with van der Waals surface area (Å²) in [5.41, 5.74) is 0. The number of aliphatic carboxylic acids is 1. The quantitative estimate of drug-likeness (QED) is 0.650. The first kappa shape index (κ1) is 19.0. The van der Waals surface area contributed by atoms with Crippen molar-refractivity contribution in [2.45, 2.75) is 52.4 Å². The molecule has 0 aliphatic heterocycles. The third-order valence-corrected chi connectivity index (χ3v) is 1.51. The van der Waals surface area contributed by atoms with Crippen molar-refractivity contribution in [3.63, 3.8) is 0 Å². The SMILES string of the molecule is CCCCCC(=O)O.CCCCO.O. The van der Waals surface area contributed by atoms with Crippen LogP contribution in [0.2, 0.25) is 0 Å². The van der Waals surface area contributed by atoms with E-state index in [-0.39, 0.29) is 5.48 Å². The maximum absolute atomic E-state index is 9.87. The van der Waals surface area contributed by atoms with E-state index in [1.165, 1.54) is 0 Å². The van der Waals surface area contributed by atoms with E-state index in [1.54, 1.807) is 0 Å². The zero-order valence-corrected chi connectivity index (χ0v) is 9.25. The Kier molecular flexibility index (Phi) is 24.8. The summed E-state index contributed by atoms with van der Waals surface area (Å²) < 4.78 is 0. The minimum absolute atomic E-state index is 0. The van der Waals surface area contributed by atoms with Gasteiger partial charge in [0.25, 0.3) is 0 Å². The number of hydrogen-bond donors (Lipinski definition) is 2. The van der Waals surface area contributed by atoms with E-state index in [9.17, 15) is 4.79 Å². The highest BCUT2D eigenvalue weighted by molar-refractivity contribution is 5.66. The number of aliphatic hydroxyl groups is 1. The Morgan fingerprint density at radius 2 is 1.57 bits per heavy atom. The predicted octanol–water partition coefficient (Wildman–Crippen LogP) is 1.61. The first-order valence-corrected chi connectivity index (χ1v) is 5.01. The molecular weight excluding hydrogens is 184 g/mol. The average Bonchev–Trinajstić information content (AvgIpc) is 2.07. The summed E-state index contributed by atoms with van der Waals surface area (Å²) in [5, 5.41) is 16.2. The van der Waals surface area contributed by atoms with Gasteiger partial charge in [-0.25, -0.2) is 0 Å². The minimum Gasteiger partial charge on any atom is -0.481 e. The maximum atomic E-state index is 9.87. The van der Waals surface area contributed by atoms with E-state index in [0.29, 0.717) is 13.0 Å². The third kappa shape index (κ3) is 30.1. The van der Waals surface area contributed by atoms with Crippen LogP contribution in [0.25, 0.3) is 0 Å². The van der Waals surface area contributed by atoms with Crippen LogP contribution in [-0.4, -0.2) is 28.3 Å². The number of carbonyl (C=O) groups is 1. The molecule has 0 radical (unpaired) electrons. The van der Waals surface area contributed by atoms with Gasteiger partial charge in [-0.1, -0.05) is 33.1 Å². The molecule has 0 spiro atoms. The zero-order chi connectivity index (χ0) is 10.5. The Balaban J connectivity index is -0.000000177. The second-order valence-corrected chi connectivity index (χ2v) is 2.93. The lowest BCUT2D eigenvalue weighted by atomic mass is 10.2. The Hall–Kier alpha value is -0.610. The van der Waals surface area contributed by atoms with Crippen LogP contribution in [0.5, 0.6) is 0 Å². The Morgan fingerprint density at radius 1 is 1.07 bits per heavy atom. The van der Waals surface area contributed by atoms with Gasteiger partial charge in [0.15, 0.2) is 0 Å². The molecule has 4 heteroatoms. The van der Waals surface area contributed by atoms with Gasteiger partial charge in [0.05, 0.1) is 0 Å². The first-order chi connectivity index (χ1) is 6.18. The number of carboxylic acid groups (broad SMARTS) is 1. The Bertz CT molecular complexity index is 102. The Labute approximate surface area is 86.3 Å². The standard InChI is InChI=1S/C6H12O2.C4H10O.H2O/c1-2-3-4-5-6(7)8;1-2-3-4-5;/h2-5H2,1H3,(H,7,8);5H,2-4H2,1H3;1H2. The lowest BCUT2D eigenvalue weighted by Crippen LogP contribution is -1.92. The van der Waals surface area contributed by atoms with E-state index >= 15 is 0 Å². The van der Waals surface area contributed by atoms with E-state index in [4.69, 9.17) is 10.2 Å². The van der Waals surface area contributed by atoms with Crippen molar-refractivity contribution >= 4 is 5.97 Å². The summed E-state index contributed by atoms with van der Waals surface area (Å²) >= 11 is 0. The summed E-state index contributed by atoms with van der Waals surface area (Å²) in [6, 6.07) is 0. The molecule has 0 aromatic rings. The van der Waals surface area contributed by atoms with Crippen molar-refractivity contribution < 1.29 is 20.5 Å². The molecule has 0 saturated heterocycles. The molecule has 0 aliphatic carbocycles. The Morgan fingerprint density at radius 3 is 1.79 bits per heavy atom. The fourth-order valence-corrected chi connectivity index (χ4v) is 0.684. The van der Waals surface area contributed by atoms with Crippen molar-refractivity contribution in [1.82, 2.24) is 0 Å². The van der Waals surface area contributed by atoms with Gasteiger partial charge in [-0.15, -0.1) is 0 Å². The van der Waals surface area contributed by atoms with Crippen LogP contribution in [0.3, 0.4) is 0 Å². The van der Waals surface area contributed by atoms with E-state index in [2.05, 4.69) is 13.8 Å². The number of unbranched alkanes of at least 4 members (excludes halogenated alkanes) is 3. The van der Waals surface area contributed by atoms with E-state index < -0.39 is 5.97 Å². The van der Waals surface area contributed by atoms with Crippen molar-refractivity contribution in [3.05, 3.63) is 0 Å². The largest absolute Gasteiger partial charge is 0.481 e. The van der Waals surface area contributed by atoms with Crippen molar-refractivity contribution in [3.8, 4) is 0 Å². The normalized spacial score (nSPS) is 8.21. The smallest absolute Gasteiger partial charge is 0.303 e. The molecule has 14 heavy (non-hydrogen) atoms. The molecule has 0 saturated carbocycles. The fraction of sp³-hybridized carbons (Fsp3) is 0.900. The molecule has 4 N–H and O–H groups in total. The van der Waals surface area contributed by atoms with Gasteiger partial charge in [-0.3, -0.25) is 4.79 Å². The zero-order valence-electron chi connectivity index (χ0n) is 9.25. The van der Waals surface area contributed by atoms with Crippen molar-refractivity contribution in [2.75, 3.05) is 6.61 Å². The van der Waals surface area contributed by atoms with Gasteiger partial charge in [-0.2, -0.15) is 0 Å². The van der Waals surface area contributed by atoms with Crippen LogP contribution >= 0.6 is 0 Å². The molecule has 0 atom stereocenters.